The van der Waals surface area contributed by atoms with Crippen LogP contribution in [0, 0.1) is 5.82 Å². The number of carbonyl (C=O) groups is 3. The van der Waals surface area contributed by atoms with E-state index in [-0.39, 0.29) is 25.4 Å². The van der Waals surface area contributed by atoms with Gasteiger partial charge in [-0.25, -0.2) is 14.0 Å². The molecule has 8 heteroatoms. The Bertz CT molecular complexity index is 876. The third-order valence-corrected chi connectivity index (χ3v) is 4.77. The number of hydrogen-bond acceptors (Lipinski definition) is 5. The maximum Gasteiger partial charge on any atom is 0.407 e. The van der Waals surface area contributed by atoms with Crippen LogP contribution in [0.4, 0.5) is 9.18 Å². The molecule has 0 spiro atoms. The minimum Gasteiger partial charge on any atom is -0.467 e. The lowest BCUT2D eigenvalue weighted by Gasteiger charge is -2.17. The van der Waals surface area contributed by atoms with Crippen molar-refractivity contribution >= 4 is 18.0 Å². The summed E-state index contributed by atoms with van der Waals surface area (Å²) in [5, 5.41) is 5.28. The molecule has 2 aromatic rings. The zero-order valence-electron chi connectivity index (χ0n) is 18.1. The highest BCUT2D eigenvalue weighted by atomic mass is 19.1. The lowest BCUT2D eigenvalue weighted by atomic mass is 10.0. The monoisotopic (exact) mass is 444 g/mol. The highest BCUT2D eigenvalue weighted by Gasteiger charge is 2.23. The zero-order chi connectivity index (χ0) is 23.2. The summed E-state index contributed by atoms with van der Waals surface area (Å²) in [6.07, 6.45) is 1.72. The van der Waals surface area contributed by atoms with Gasteiger partial charge in [-0.1, -0.05) is 55.0 Å². The van der Waals surface area contributed by atoms with Crippen molar-refractivity contribution in [1.82, 2.24) is 10.6 Å². The van der Waals surface area contributed by atoms with Gasteiger partial charge in [-0.3, -0.25) is 4.79 Å². The van der Waals surface area contributed by atoms with Crippen molar-refractivity contribution in [3.63, 3.8) is 0 Å². The van der Waals surface area contributed by atoms with Crippen LogP contribution in [-0.4, -0.2) is 37.7 Å². The molecule has 0 aliphatic carbocycles. The highest BCUT2D eigenvalue weighted by molar-refractivity contribution is 5.84. The number of amides is 2. The molecule has 2 rings (SSSR count). The number of ether oxygens (including phenoxy) is 2. The van der Waals surface area contributed by atoms with Gasteiger partial charge in [0, 0.05) is 19.4 Å². The average Bonchev–Trinajstić information content (AvgIpc) is 2.81. The Morgan fingerprint density at radius 2 is 1.69 bits per heavy atom. The summed E-state index contributed by atoms with van der Waals surface area (Å²) < 4.78 is 23.7. The molecule has 0 saturated heterocycles. The van der Waals surface area contributed by atoms with Gasteiger partial charge in [0.2, 0.25) is 5.91 Å². The van der Waals surface area contributed by atoms with Gasteiger partial charge in [0.25, 0.3) is 0 Å². The van der Waals surface area contributed by atoms with Gasteiger partial charge in [0.05, 0.1) is 7.11 Å². The van der Waals surface area contributed by atoms with E-state index in [4.69, 9.17) is 9.47 Å². The first kappa shape index (κ1) is 24.8. The molecule has 0 radical (unpaired) electrons. The average molecular weight is 445 g/mol. The lowest BCUT2D eigenvalue weighted by molar-refractivity contribution is -0.145. The van der Waals surface area contributed by atoms with Gasteiger partial charge in [0.15, 0.2) is 0 Å². The topological polar surface area (TPSA) is 93.7 Å². The van der Waals surface area contributed by atoms with Crippen LogP contribution in [0.25, 0.3) is 0 Å². The highest BCUT2D eigenvalue weighted by Crippen LogP contribution is 2.10. The van der Waals surface area contributed by atoms with E-state index in [9.17, 15) is 18.8 Å². The van der Waals surface area contributed by atoms with Gasteiger partial charge >= 0.3 is 12.1 Å². The summed E-state index contributed by atoms with van der Waals surface area (Å²) in [4.78, 5) is 35.9. The number of halogens is 1. The van der Waals surface area contributed by atoms with E-state index >= 15 is 0 Å². The Balaban J connectivity index is 1.62. The predicted octanol–water partition coefficient (Wildman–Crippen LogP) is 3.51. The molecule has 0 unspecified atom stereocenters. The van der Waals surface area contributed by atoms with Gasteiger partial charge in [-0.2, -0.15) is 0 Å². The van der Waals surface area contributed by atoms with E-state index in [1.807, 2.05) is 30.3 Å². The second kappa shape index (κ2) is 13.8. The second-order valence-electron chi connectivity index (χ2n) is 7.24. The summed E-state index contributed by atoms with van der Waals surface area (Å²) in [6.45, 7) is 0.647. The van der Waals surface area contributed by atoms with Gasteiger partial charge < -0.3 is 20.1 Å². The van der Waals surface area contributed by atoms with Crippen LogP contribution in [0.3, 0.4) is 0 Å². The molecule has 2 N–H and O–H groups in total. The Morgan fingerprint density at radius 3 is 2.41 bits per heavy atom. The molecule has 7 nitrogen and oxygen atoms in total. The molecule has 32 heavy (non-hydrogen) atoms. The smallest absolute Gasteiger partial charge is 0.407 e. The van der Waals surface area contributed by atoms with Crippen LogP contribution in [0.15, 0.2) is 54.6 Å². The third kappa shape index (κ3) is 9.16. The Morgan fingerprint density at radius 1 is 0.969 bits per heavy atom. The maximum atomic E-state index is 13.9. The van der Waals surface area contributed by atoms with Crippen LogP contribution >= 0.6 is 0 Å². The minimum absolute atomic E-state index is 0.0140. The molecule has 0 aliphatic rings. The van der Waals surface area contributed by atoms with E-state index in [0.29, 0.717) is 31.4 Å². The summed E-state index contributed by atoms with van der Waals surface area (Å²) in [6, 6.07) is 14.5. The van der Waals surface area contributed by atoms with Crippen LogP contribution in [0.2, 0.25) is 0 Å². The van der Waals surface area contributed by atoms with E-state index < -0.39 is 23.9 Å². The summed E-state index contributed by atoms with van der Waals surface area (Å²) in [7, 11) is 1.22. The number of carbonyl (C=O) groups excluding carboxylic acids is 3. The largest absolute Gasteiger partial charge is 0.467 e. The molecule has 1 atom stereocenters. The molecule has 2 aromatic carbocycles. The number of benzene rings is 2. The van der Waals surface area contributed by atoms with Crippen molar-refractivity contribution in [2.75, 3.05) is 13.7 Å². The quantitative estimate of drug-likeness (QED) is 0.386. The van der Waals surface area contributed by atoms with Crippen molar-refractivity contribution in [2.45, 2.75) is 44.8 Å². The summed E-state index contributed by atoms with van der Waals surface area (Å²) >= 11 is 0. The Hall–Kier alpha value is -3.42. The number of hydrogen-bond donors (Lipinski definition) is 2. The van der Waals surface area contributed by atoms with Crippen LogP contribution in [-0.2, 0) is 32.1 Å². The molecular formula is C24H29FN2O5. The van der Waals surface area contributed by atoms with E-state index in [0.717, 1.165) is 5.56 Å². The number of unbranched alkanes of at least 4 members (excludes halogenated alkanes) is 2. The first-order chi connectivity index (χ1) is 15.5. The molecule has 0 bridgehead atoms. The molecular weight excluding hydrogens is 415 g/mol. The number of alkyl carbamates (subject to hydrolysis) is 1. The number of esters is 1. The van der Waals surface area contributed by atoms with Gasteiger partial charge in [-0.05, 0) is 30.0 Å². The molecule has 0 heterocycles. The normalized spacial score (nSPS) is 11.3. The van der Waals surface area contributed by atoms with Crippen molar-refractivity contribution in [3.8, 4) is 0 Å². The molecule has 0 fully saturated rings. The standard InChI is InChI=1S/C24H29FN2O5/c1-31-23(29)21(16-19-12-7-8-13-20(19)25)27-22(28)14-6-3-9-15-26-24(30)32-17-18-10-4-2-5-11-18/h2,4-5,7-8,10-13,21H,3,6,9,14-17H2,1H3,(H,26,30)(H,27,28)/t21-/m0/s1. The Kier molecular flexibility index (Phi) is 10.7. The minimum atomic E-state index is -0.953. The molecule has 0 saturated carbocycles. The summed E-state index contributed by atoms with van der Waals surface area (Å²) in [5.41, 5.74) is 1.24. The lowest BCUT2D eigenvalue weighted by Crippen LogP contribution is -2.43. The van der Waals surface area contributed by atoms with Crippen LogP contribution in [0.5, 0.6) is 0 Å². The van der Waals surface area contributed by atoms with Crippen molar-refractivity contribution < 1.29 is 28.2 Å². The summed E-state index contributed by atoms with van der Waals surface area (Å²) in [5.74, 6) is -1.38. The van der Waals surface area contributed by atoms with E-state index in [2.05, 4.69) is 10.6 Å². The van der Waals surface area contributed by atoms with Gasteiger partial charge in [0.1, 0.15) is 18.5 Å². The SMILES string of the molecule is COC(=O)[C@H](Cc1ccccc1F)NC(=O)CCCCCNC(=O)OCc1ccccc1. The van der Waals surface area contributed by atoms with Crippen molar-refractivity contribution in [2.24, 2.45) is 0 Å². The van der Waals surface area contributed by atoms with Crippen LogP contribution < -0.4 is 10.6 Å². The fourth-order valence-corrected chi connectivity index (χ4v) is 3.04. The fraction of sp³-hybridized carbons (Fsp3) is 0.375. The number of nitrogens with one attached hydrogen (secondary N) is 2. The molecule has 0 aromatic heterocycles. The predicted molar refractivity (Wildman–Crippen MR) is 117 cm³/mol. The second-order valence-corrected chi connectivity index (χ2v) is 7.24. The van der Waals surface area contributed by atoms with Crippen molar-refractivity contribution in [3.05, 3.63) is 71.5 Å². The van der Waals surface area contributed by atoms with E-state index in [1.54, 1.807) is 18.2 Å². The van der Waals surface area contributed by atoms with E-state index in [1.165, 1.54) is 13.2 Å². The zero-order valence-corrected chi connectivity index (χ0v) is 18.1. The molecule has 2 amide bonds. The fourth-order valence-electron chi connectivity index (χ4n) is 3.04. The number of rotatable bonds is 12. The van der Waals surface area contributed by atoms with Crippen LogP contribution in [0.1, 0.15) is 36.8 Å². The Labute approximate surface area is 187 Å². The first-order valence-corrected chi connectivity index (χ1v) is 10.5. The molecule has 172 valence electrons. The third-order valence-electron chi connectivity index (χ3n) is 4.77. The maximum absolute atomic E-state index is 13.9. The van der Waals surface area contributed by atoms with Crippen molar-refractivity contribution in [1.29, 1.82) is 0 Å². The first-order valence-electron chi connectivity index (χ1n) is 10.5. The molecule has 0 aliphatic heterocycles. The number of methoxy groups -OCH3 is 1. The van der Waals surface area contributed by atoms with Gasteiger partial charge in [-0.15, -0.1) is 0 Å².